The van der Waals surface area contributed by atoms with Crippen LogP contribution < -0.4 is 5.32 Å². The SMILES string of the molecule is OCCCCCCCCCCNC(=S)S. The summed E-state index contributed by atoms with van der Waals surface area (Å²) in [4.78, 5) is 0. The Labute approximate surface area is 104 Å². The zero-order valence-corrected chi connectivity index (χ0v) is 11.1. The van der Waals surface area contributed by atoms with E-state index in [9.17, 15) is 0 Å². The lowest BCUT2D eigenvalue weighted by atomic mass is 10.1. The molecule has 0 aromatic carbocycles. The van der Waals surface area contributed by atoms with E-state index in [-0.39, 0.29) is 0 Å². The molecule has 2 N–H and O–H groups in total. The monoisotopic (exact) mass is 249 g/mol. The van der Waals surface area contributed by atoms with Crippen LogP contribution in [0.1, 0.15) is 51.4 Å². The molecule has 0 amide bonds. The molecule has 0 heterocycles. The first-order valence-electron chi connectivity index (χ1n) is 5.85. The molecule has 0 aliphatic carbocycles. The lowest BCUT2D eigenvalue weighted by Gasteiger charge is -2.03. The van der Waals surface area contributed by atoms with Crippen molar-refractivity contribution in [2.24, 2.45) is 0 Å². The van der Waals surface area contributed by atoms with E-state index in [0.717, 1.165) is 13.0 Å². The molecule has 0 bridgehead atoms. The van der Waals surface area contributed by atoms with Crippen LogP contribution in [0.5, 0.6) is 0 Å². The maximum absolute atomic E-state index is 8.59. The molecule has 2 nitrogen and oxygen atoms in total. The maximum atomic E-state index is 8.59. The van der Waals surface area contributed by atoms with Crippen LogP contribution in [0.15, 0.2) is 0 Å². The Morgan fingerprint density at radius 2 is 1.40 bits per heavy atom. The first-order chi connectivity index (χ1) is 7.27. The van der Waals surface area contributed by atoms with Gasteiger partial charge in [-0.3, -0.25) is 0 Å². The lowest BCUT2D eigenvalue weighted by molar-refractivity contribution is 0.282. The number of aliphatic hydroxyl groups excluding tert-OH is 1. The minimum absolute atomic E-state index is 0.343. The van der Waals surface area contributed by atoms with Gasteiger partial charge in [-0.1, -0.05) is 50.7 Å². The summed E-state index contributed by atoms with van der Waals surface area (Å²) in [5.41, 5.74) is 0. The highest BCUT2D eigenvalue weighted by molar-refractivity contribution is 8.11. The number of thiocarbonyl (C=S) groups is 1. The zero-order valence-electron chi connectivity index (χ0n) is 9.37. The average Bonchev–Trinajstić information content (AvgIpc) is 2.20. The summed E-state index contributed by atoms with van der Waals surface area (Å²) < 4.78 is 0.596. The smallest absolute Gasteiger partial charge is 0.130 e. The van der Waals surface area contributed by atoms with Gasteiger partial charge >= 0.3 is 0 Å². The number of hydrogen-bond acceptors (Lipinski definition) is 2. The van der Waals surface area contributed by atoms with Crippen molar-refractivity contribution in [3.8, 4) is 0 Å². The molecule has 0 aliphatic heterocycles. The minimum atomic E-state index is 0.343. The van der Waals surface area contributed by atoms with E-state index in [2.05, 4.69) is 17.9 Å². The van der Waals surface area contributed by atoms with E-state index in [1.165, 1.54) is 44.9 Å². The van der Waals surface area contributed by atoms with Crippen molar-refractivity contribution in [1.29, 1.82) is 0 Å². The van der Waals surface area contributed by atoms with Crippen molar-refractivity contribution >= 4 is 29.2 Å². The van der Waals surface area contributed by atoms with Crippen molar-refractivity contribution in [1.82, 2.24) is 5.32 Å². The maximum Gasteiger partial charge on any atom is 0.130 e. The summed E-state index contributed by atoms with van der Waals surface area (Å²) in [6.07, 6.45) is 9.77. The van der Waals surface area contributed by atoms with Crippen molar-refractivity contribution in [2.45, 2.75) is 51.4 Å². The fraction of sp³-hybridized carbons (Fsp3) is 0.909. The van der Waals surface area contributed by atoms with Gasteiger partial charge in [0.1, 0.15) is 4.32 Å². The van der Waals surface area contributed by atoms with Crippen LogP contribution in [-0.2, 0) is 0 Å². The summed E-state index contributed by atoms with van der Waals surface area (Å²) >= 11 is 8.78. The Balaban J connectivity index is 2.89. The van der Waals surface area contributed by atoms with Crippen LogP contribution >= 0.6 is 24.8 Å². The van der Waals surface area contributed by atoms with Gasteiger partial charge in [0.05, 0.1) is 0 Å². The third-order valence-electron chi connectivity index (χ3n) is 2.36. The van der Waals surface area contributed by atoms with Gasteiger partial charge in [0, 0.05) is 13.2 Å². The van der Waals surface area contributed by atoms with Crippen LogP contribution in [0, 0.1) is 0 Å². The summed E-state index contributed by atoms with van der Waals surface area (Å²) in [7, 11) is 0. The normalized spacial score (nSPS) is 10.3. The molecule has 4 heteroatoms. The second kappa shape index (κ2) is 12.3. The van der Waals surface area contributed by atoms with Crippen molar-refractivity contribution < 1.29 is 5.11 Å². The lowest BCUT2D eigenvalue weighted by Crippen LogP contribution is -2.17. The highest BCUT2D eigenvalue weighted by Crippen LogP contribution is 2.07. The molecular formula is C11H23NOS2. The largest absolute Gasteiger partial charge is 0.396 e. The van der Waals surface area contributed by atoms with Crippen molar-refractivity contribution in [3.05, 3.63) is 0 Å². The Morgan fingerprint density at radius 3 is 1.87 bits per heavy atom. The van der Waals surface area contributed by atoms with E-state index < -0.39 is 0 Å². The average molecular weight is 249 g/mol. The number of aliphatic hydroxyl groups is 1. The Kier molecular flexibility index (Phi) is 12.4. The molecule has 15 heavy (non-hydrogen) atoms. The van der Waals surface area contributed by atoms with Crippen LogP contribution in [0.3, 0.4) is 0 Å². The van der Waals surface area contributed by atoms with Gasteiger partial charge in [-0.25, -0.2) is 0 Å². The molecule has 0 aliphatic rings. The molecule has 0 saturated carbocycles. The summed E-state index contributed by atoms with van der Waals surface area (Å²) in [5, 5.41) is 11.6. The fourth-order valence-corrected chi connectivity index (χ4v) is 1.71. The molecule has 0 radical (unpaired) electrons. The van der Waals surface area contributed by atoms with Gasteiger partial charge in [0.25, 0.3) is 0 Å². The predicted molar refractivity (Wildman–Crippen MR) is 73.6 cm³/mol. The van der Waals surface area contributed by atoms with Gasteiger partial charge in [-0.2, -0.15) is 0 Å². The van der Waals surface area contributed by atoms with E-state index in [4.69, 9.17) is 17.3 Å². The van der Waals surface area contributed by atoms with Crippen LogP contribution in [-0.4, -0.2) is 22.6 Å². The number of rotatable bonds is 10. The molecule has 0 rings (SSSR count). The number of thiol groups is 1. The number of hydrogen-bond donors (Lipinski definition) is 3. The second-order valence-electron chi connectivity index (χ2n) is 3.78. The van der Waals surface area contributed by atoms with Gasteiger partial charge in [0.15, 0.2) is 0 Å². The van der Waals surface area contributed by atoms with Crippen molar-refractivity contribution in [2.75, 3.05) is 13.2 Å². The van der Waals surface area contributed by atoms with Gasteiger partial charge in [0.2, 0.25) is 0 Å². The van der Waals surface area contributed by atoms with E-state index in [1.807, 2.05) is 0 Å². The van der Waals surface area contributed by atoms with Crippen LogP contribution in [0.25, 0.3) is 0 Å². The first kappa shape index (κ1) is 15.2. The molecule has 0 unspecified atom stereocenters. The highest BCUT2D eigenvalue weighted by Gasteiger charge is 1.92. The standard InChI is InChI=1S/C11H23NOS2/c13-10-8-6-4-2-1-3-5-7-9-12-11(14)15/h13H,1-10H2,(H2,12,14,15). The van der Waals surface area contributed by atoms with E-state index in [0.29, 0.717) is 10.9 Å². The van der Waals surface area contributed by atoms with Gasteiger partial charge < -0.3 is 10.4 Å². The Hall–Kier alpha value is 0.200. The first-order valence-corrected chi connectivity index (χ1v) is 6.70. The number of nitrogens with one attached hydrogen (secondary N) is 1. The topological polar surface area (TPSA) is 32.3 Å². The molecule has 0 atom stereocenters. The Bertz CT molecular complexity index is 154. The summed E-state index contributed by atoms with van der Waals surface area (Å²) in [5.74, 6) is 0. The molecule has 90 valence electrons. The molecule has 0 aromatic heterocycles. The number of unbranched alkanes of at least 4 members (excludes halogenated alkanes) is 7. The summed E-state index contributed by atoms with van der Waals surface area (Å²) in [6.45, 7) is 1.29. The molecular weight excluding hydrogens is 226 g/mol. The van der Waals surface area contributed by atoms with E-state index >= 15 is 0 Å². The molecule has 0 fully saturated rings. The second-order valence-corrected chi connectivity index (χ2v) is 4.94. The van der Waals surface area contributed by atoms with E-state index in [1.54, 1.807) is 0 Å². The molecule has 0 spiro atoms. The Morgan fingerprint density at radius 1 is 0.933 bits per heavy atom. The third kappa shape index (κ3) is 14.2. The quantitative estimate of drug-likeness (QED) is 0.316. The van der Waals surface area contributed by atoms with Gasteiger partial charge in [-0.05, 0) is 12.8 Å². The molecule has 0 saturated heterocycles. The van der Waals surface area contributed by atoms with Gasteiger partial charge in [-0.15, -0.1) is 12.6 Å². The zero-order chi connectivity index (χ0) is 11.4. The third-order valence-corrected chi connectivity index (χ3v) is 2.66. The van der Waals surface area contributed by atoms with Crippen LogP contribution in [0.4, 0.5) is 0 Å². The highest BCUT2D eigenvalue weighted by atomic mass is 32.1. The molecule has 0 aromatic rings. The predicted octanol–water partition coefficient (Wildman–Crippen LogP) is 2.90. The summed E-state index contributed by atoms with van der Waals surface area (Å²) in [6, 6.07) is 0. The minimum Gasteiger partial charge on any atom is -0.396 e. The fourth-order valence-electron chi connectivity index (χ4n) is 1.49. The van der Waals surface area contributed by atoms with Crippen LogP contribution in [0.2, 0.25) is 0 Å². The van der Waals surface area contributed by atoms with Crippen molar-refractivity contribution in [3.63, 3.8) is 0 Å².